The van der Waals surface area contributed by atoms with Crippen molar-refractivity contribution in [2.75, 3.05) is 12.4 Å². The molecule has 0 aliphatic rings. The molecule has 0 unspecified atom stereocenters. The third-order valence-corrected chi connectivity index (χ3v) is 5.96. The predicted octanol–water partition coefficient (Wildman–Crippen LogP) is 4.84. The van der Waals surface area contributed by atoms with Crippen LogP contribution in [0.5, 0.6) is 5.75 Å². The molecule has 8 heteroatoms. The normalized spacial score (nSPS) is 11.0. The third kappa shape index (κ3) is 3.97. The lowest BCUT2D eigenvalue weighted by atomic mass is 10.1. The second-order valence-corrected chi connectivity index (χ2v) is 8.04. The van der Waals surface area contributed by atoms with E-state index in [4.69, 9.17) is 14.7 Å². The zero-order chi connectivity index (χ0) is 21.2. The molecule has 1 N–H and O–H groups in total. The molecule has 5 aromatic rings. The molecule has 154 valence electrons. The van der Waals surface area contributed by atoms with Gasteiger partial charge in [0.15, 0.2) is 10.8 Å². The maximum Gasteiger partial charge on any atom is 0.184 e. The molecule has 4 heterocycles. The second-order valence-electron chi connectivity index (χ2n) is 7.04. The first-order valence-corrected chi connectivity index (χ1v) is 10.6. The van der Waals surface area contributed by atoms with E-state index in [0.29, 0.717) is 6.54 Å². The second kappa shape index (κ2) is 8.16. The molecule has 0 aliphatic heterocycles. The zero-order valence-electron chi connectivity index (χ0n) is 17.1. The van der Waals surface area contributed by atoms with Crippen molar-refractivity contribution in [1.82, 2.24) is 24.6 Å². The minimum absolute atomic E-state index is 0.666. The molecule has 31 heavy (non-hydrogen) atoms. The van der Waals surface area contributed by atoms with Gasteiger partial charge in [0.1, 0.15) is 17.8 Å². The van der Waals surface area contributed by atoms with Crippen LogP contribution in [0.1, 0.15) is 11.3 Å². The number of nitrogens with zero attached hydrogens (tertiary/aromatic N) is 5. The van der Waals surface area contributed by atoms with Crippen LogP contribution in [0.2, 0.25) is 0 Å². The number of ether oxygens (including phenoxy) is 1. The Bertz CT molecular complexity index is 1340. The van der Waals surface area contributed by atoms with E-state index in [2.05, 4.69) is 15.4 Å². The van der Waals surface area contributed by atoms with E-state index < -0.39 is 0 Å². The molecule has 0 atom stereocenters. The maximum absolute atomic E-state index is 5.23. The first kappa shape index (κ1) is 19.2. The minimum atomic E-state index is 0.666. The lowest BCUT2D eigenvalue weighted by molar-refractivity contribution is 0.414. The maximum atomic E-state index is 5.23. The van der Waals surface area contributed by atoms with Gasteiger partial charge in [-0.3, -0.25) is 4.98 Å². The number of aromatic nitrogens is 5. The number of nitrogens with one attached hydrogen (secondary N) is 1. The van der Waals surface area contributed by atoms with Crippen molar-refractivity contribution in [2.24, 2.45) is 0 Å². The first-order chi connectivity index (χ1) is 15.2. The smallest absolute Gasteiger partial charge is 0.184 e. The summed E-state index contributed by atoms with van der Waals surface area (Å²) in [6, 6.07) is 18.0. The molecular formula is C23H20N6OS. The number of benzene rings is 1. The average Bonchev–Trinajstić information content (AvgIpc) is 3.44. The number of fused-ring (bicyclic) bond motifs is 1. The number of aryl methyl sites for hydroxylation is 1. The number of hydrogen-bond acceptors (Lipinski definition) is 7. The lowest BCUT2D eigenvalue weighted by Crippen LogP contribution is -1.99. The van der Waals surface area contributed by atoms with Crippen molar-refractivity contribution in [3.63, 3.8) is 0 Å². The van der Waals surface area contributed by atoms with Gasteiger partial charge in [-0.1, -0.05) is 29.5 Å². The number of thiazole rings is 1. The molecule has 0 fully saturated rings. The van der Waals surface area contributed by atoms with Crippen molar-refractivity contribution in [1.29, 1.82) is 0 Å². The fourth-order valence-electron chi connectivity index (χ4n) is 3.31. The van der Waals surface area contributed by atoms with Crippen molar-refractivity contribution in [3.05, 3.63) is 78.4 Å². The van der Waals surface area contributed by atoms with Crippen LogP contribution in [0.15, 0.2) is 67.1 Å². The Morgan fingerprint density at radius 2 is 1.90 bits per heavy atom. The largest absolute Gasteiger partial charge is 0.497 e. The summed E-state index contributed by atoms with van der Waals surface area (Å²) >= 11 is 1.60. The molecular weight excluding hydrogens is 408 g/mol. The highest BCUT2D eigenvalue weighted by Crippen LogP contribution is 2.38. The lowest BCUT2D eigenvalue weighted by Gasteiger charge is -2.04. The Morgan fingerprint density at radius 3 is 2.71 bits per heavy atom. The molecule has 0 aliphatic carbocycles. The van der Waals surface area contributed by atoms with Crippen molar-refractivity contribution in [2.45, 2.75) is 13.5 Å². The number of methoxy groups -OCH3 is 1. The van der Waals surface area contributed by atoms with Gasteiger partial charge in [0.2, 0.25) is 0 Å². The van der Waals surface area contributed by atoms with Gasteiger partial charge in [-0.15, -0.1) is 0 Å². The van der Waals surface area contributed by atoms with Crippen molar-refractivity contribution in [3.8, 4) is 27.6 Å². The SMILES string of the molecule is COc1ccc(CNc2nc(-c3cccc(C)n3)c(-c3ccc4ncnn4c3)s2)cc1. The molecule has 4 aromatic heterocycles. The van der Waals surface area contributed by atoms with Crippen LogP contribution in [0.25, 0.3) is 27.5 Å². The fraction of sp³-hybridized carbons (Fsp3) is 0.130. The molecule has 0 saturated heterocycles. The Balaban J connectivity index is 1.51. The van der Waals surface area contributed by atoms with Crippen LogP contribution in [-0.4, -0.2) is 31.7 Å². The molecule has 0 bridgehead atoms. The summed E-state index contributed by atoms with van der Waals surface area (Å²) in [6.07, 6.45) is 3.53. The van der Waals surface area contributed by atoms with E-state index in [9.17, 15) is 0 Å². The van der Waals surface area contributed by atoms with Gasteiger partial charge in [-0.25, -0.2) is 14.5 Å². The standard InChI is InChI=1S/C23H20N6OS/c1-15-4-3-5-19(27-15)21-22(17-8-11-20-25-14-26-29(20)13-17)31-23(28-21)24-12-16-6-9-18(30-2)10-7-16/h3-11,13-14H,12H2,1-2H3,(H,24,28). The van der Waals surface area contributed by atoms with E-state index in [0.717, 1.165) is 49.6 Å². The quantitative estimate of drug-likeness (QED) is 0.417. The predicted molar refractivity (Wildman–Crippen MR) is 122 cm³/mol. The number of pyridine rings is 2. The van der Waals surface area contributed by atoms with Gasteiger partial charge in [0.25, 0.3) is 0 Å². The highest BCUT2D eigenvalue weighted by molar-refractivity contribution is 7.19. The molecule has 0 radical (unpaired) electrons. The van der Waals surface area contributed by atoms with Crippen LogP contribution in [-0.2, 0) is 6.54 Å². The average molecular weight is 429 g/mol. The van der Waals surface area contributed by atoms with E-state index in [-0.39, 0.29) is 0 Å². The Hall–Kier alpha value is -3.78. The van der Waals surface area contributed by atoms with Crippen LogP contribution >= 0.6 is 11.3 Å². The molecule has 5 rings (SSSR count). The molecule has 1 aromatic carbocycles. The molecule has 7 nitrogen and oxygen atoms in total. The number of hydrogen-bond donors (Lipinski definition) is 1. The van der Waals surface area contributed by atoms with Crippen molar-refractivity contribution >= 4 is 22.1 Å². The number of rotatable bonds is 6. The topological polar surface area (TPSA) is 77.2 Å². The zero-order valence-corrected chi connectivity index (χ0v) is 17.9. The van der Waals surface area contributed by atoms with Gasteiger partial charge in [0, 0.05) is 24.0 Å². The molecule has 0 saturated carbocycles. The van der Waals surface area contributed by atoms with Crippen molar-refractivity contribution < 1.29 is 4.74 Å². The minimum Gasteiger partial charge on any atom is -0.497 e. The van der Waals surface area contributed by atoms with E-state index in [1.165, 1.54) is 0 Å². The van der Waals surface area contributed by atoms with E-state index in [1.807, 2.05) is 67.7 Å². The van der Waals surface area contributed by atoms with Gasteiger partial charge < -0.3 is 10.1 Å². The summed E-state index contributed by atoms with van der Waals surface area (Å²) in [7, 11) is 1.67. The van der Waals surface area contributed by atoms with Crippen LogP contribution in [0.4, 0.5) is 5.13 Å². The first-order valence-electron chi connectivity index (χ1n) is 9.81. The van der Waals surface area contributed by atoms with Crippen LogP contribution in [0, 0.1) is 6.92 Å². The Labute approximate surface area is 183 Å². The monoisotopic (exact) mass is 428 g/mol. The van der Waals surface area contributed by atoms with Gasteiger partial charge >= 0.3 is 0 Å². The summed E-state index contributed by atoms with van der Waals surface area (Å²) in [5.41, 5.74) is 5.63. The summed E-state index contributed by atoms with van der Waals surface area (Å²) in [5.74, 6) is 0.844. The Kier molecular flexibility index (Phi) is 5.05. The summed E-state index contributed by atoms with van der Waals surface area (Å²) in [4.78, 5) is 14.9. The highest BCUT2D eigenvalue weighted by atomic mass is 32.1. The van der Waals surface area contributed by atoms with E-state index in [1.54, 1.807) is 29.3 Å². The number of anilines is 1. The Morgan fingerprint density at radius 1 is 1.03 bits per heavy atom. The van der Waals surface area contributed by atoms with Crippen LogP contribution < -0.4 is 10.1 Å². The summed E-state index contributed by atoms with van der Waals surface area (Å²) in [5, 5.41) is 8.55. The molecule has 0 spiro atoms. The van der Waals surface area contributed by atoms with E-state index >= 15 is 0 Å². The van der Waals surface area contributed by atoms with Crippen LogP contribution in [0.3, 0.4) is 0 Å². The molecule has 0 amide bonds. The van der Waals surface area contributed by atoms with Gasteiger partial charge in [-0.05, 0) is 48.9 Å². The van der Waals surface area contributed by atoms with Gasteiger partial charge in [-0.2, -0.15) is 5.10 Å². The fourth-order valence-corrected chi connectivity index (χ4v) is 4.27. The highest BCUT2D eigenvalue weighted by Gasteiger charge is 2.17. The van der Waals surface area contributed by atoms with Gasteiger partial charge in [0.05, 0.1) is 17.7 Å². The third-order valence-electron chi connectivity index (χ3n) is 4.90. The summed E-state index contributed by atoms with van der Waals surface area (Å²) < 4.78 is 7.00. The summed E-state index contributed by atoms with van der Waals surface area (Å²) in [6.45, 7) is 2.65.